The van der Waals surface area contributed by atoms with Gasteiger partial charge in [-0.15, -0.1) is 0 Å². The summed E-state index contributed by atoms with van der Waals surface area (Å²) in [5.74, 6) is -2.47. The van der Waals surface area contributed by atoms with E-state index in [9.17, 15) is 47.8 Å². The maximum absolute atomic E-state index is 13.2. The summed E-state index contributed by atoms with van der Waals surface area (Å²) in [5, 5.41) is 33.8. The zero-order valence-corrected chi connectivity index (χ0v) is 48.9. The molecular formula is C60H48CaCl2F2N6O14. The largest absolute Gasteiger partial charge is 2.00 e. The first-order valence-corrected chi connectivity index (χ1v) is 26.4. The molecule has 20 nitrogen and oxygen atoms in total. The van der Waals surface area contributed by atoms with Crippen LogP contribution < -0.4 is 59.9 Å². The number of methoxy groups -OCH3 is 2. The molecule has 432 valence electrons. The number of anilines is 4. The molecule has 25 heteroatoms. The molecule has 2 saturated carbocycles. The van der Waals surface area contributed by atoms with E-state index in [0.29, 0.717) is 116 Å². The molecule has 0 radical (unpaired) electrons. The molecular weight excluding hydrogens is 1180 g/mol. The second kappa shape index (κ2) is 27.4. The Morgan fingerprint density at radius 3 is 1.13 bits per heavy atom. The Labute approximate surface area is 523 Å². The van der Waals surface area contributed by atoms with Crippen molar-refractivity contribution in [2.75, 3.05) is 48.7 Å². The van der Waals surface area contributed by atoms with E-state index < -0.39 is 58.0 Å². The number of rotatable bonds is 22. The number of carbonyl (C=O) groups excluding carboxylic acids is 6. The van der Waals surface area contributed by atoms with Crippen molar-refractivity contribution in [3.8, 4) is 46.0 Å². The number of pyridine rings is 2. The van der Waals surface area contributed by atoms with Crippen molar-refractivity contribution in [2.45, 2.75) is 38.5 Å². The zero-order valence-electron chi connectivity index (χ0n) is 45.2. The smallest absolute Gasteiger partial charge is 0.550 e. The van der Waals surface area contributed by atoms with Crippen molar-refractivity contribution in [3.05, 3.63) is 155 Å². The summed E-state index contributed by atoms with van der Waals surface area (Å²) in [6.07, 6.45) is 4.01. The number of ether oxygens (including phenoxy) is 6. The van der Waals surface area contributed by atoms with Gasteiger partial charge in [-0.2, -0.15) is 0 Å². The summed E-state index contributed by atoms with van der Waals surface area (Å²) < 4.78 is 60.3. The van der Waals surface area contributed by atoms with Crippen LogP contribution in [0.2, 0.25) is 10.0 Å². The van der Waals surface area contributed by atoms with Gasteiger partial charge in [0.1, 0.15) is 45.5 Å². The Morgan fingerprint density at radius 1 is 0.471 bits per heavy atom. The summed E-state index contributed by atoms with van der Waals surface area (Å²) in [6, 6.07) is 29.8. The average Bonchev–Trinajstić information content (AvgIpc) is 2.28. The van der Waals surface area contributed by atoms with Crippen molar-refractivity contribution in [1.29, 1.82) is 0 Å². The van der Waals surface area contributed by atoms with Gasteiger partial charge < -0.3 is 69.5 Å². The molecule has 8 aromatic rings. The molecule has 2 aliphatic rings. The number of benzene rings is 6. The SMILES string of the molecule is COc1cc2c(Oc3ccc(NC(=O)C4(C(=O)Nc5ccc(F)cc5)CC4)cc3Cl)ccnc2cc1OCCC(=O)[O-].COc1cc2c(Oc3ccc(NC(=O)C4(C(=O)Nc5ccc(F)cc5)CC4)cc3Cl)ccnc2cc1OCCC(=O)[O-].[Ca+2]. The molecule has 4 amide bonds. The van der Waals surface area contributed by atoms with Gasteiger partial charge in [0.25, 0.3) is 0 Å². The number of amides is 4. The van der Waals surface area contributed by atoms with Gasteiger partial charge in [-0.3, -0.25) is 29.1 Å². The van der Waals surface area contributed by atoms with Crippen LogP contribution >= 0.6 is 23.2 Å². The molecule has 0 atom stereocenters. The van der Waals surface area contributed by atoms with Crippen molar-refractivity contribution < 1.29 is 76.2 Å². The van der Waals surface area contributed by atoms with Gasteiger partial charge in [0.05, 0.1) is 48.5 Å². The third-order valence-electron chi connectivity index (χ3n) is 13.4. The van der Waals surface area contributed by atoms with Crippen LogP contribution in [0, 0.1) is 22.5 Å². The fraction of sp³-hybridized carbons (Fsp3) is 0.200. The van der Waals surface area contributed by atoms with Crippen LogP contribution in [0.15, 0.2) is 134 Å². The number of carbonyl (C=O) groups is 6. The summed E-state index contributed by atoms with van der Waals surface area (Å²) in [4.78, 5) is 81.8. The summed E-state index contributed by atoms with van der Waals surface area (Å²) >= 11 is 13.0. The van der Waals surface area contributed by atoms with E-state index in [1.54, 1.807) is 60.7 Å². The standard InChI is InChI=1S/2C30H25ClFN3O7.Ca/c2*1-40-25-15-20-22(16-26(25)41-13-9-27(36)37)33-12-8-23(20)42-24-7-6-19(14-21(24)31)35-29(39)30(10-11-30)28(38)34-18-4-2-17(32)3-5-18;/h2*2-8,12,14-16H,9-11,13H2,1H3,(H,34,38)(H,35,39)(H,36,37);/q;;+2/p-2. The molecule has 0 bridgehead atoms. The Kier molecular flexibility index (Phi) is 20.2. The van der Waals surface area contributed by atoms with Crippen LogP contribution in [0.4, 0.5) is 31.5 Å². The van der Waals surface area contributed by atoms with Gasteiger partial charge in [-0.1, -0.05) is 23.2 Å². The van der Waals surface area contributed by atoms with E-state index in [0.717, 1.165) is 0 Å². The van der Waals surface area contributed by atoms with Gasteiger partial charge in [0.15, 0.2) is 23.0 Å². The number of hydrogen-bond acceptors (Lipinski definition) is 16. The van der Waals surface area contributed by atoms with E-state index in [1.807, 2.05) is 0 Å². The van der Waals surface area contributed by atoms with E-state index in [-0.39, 0.29) is 73.8 Å². The number of carboxylic acids is 2. The number of nitrogens with zero attached hydrogens (tertiary/aromatic N) is 2. The zero-order chi connectivity index (χ0) is 59.7. The van der Waals surface area contributed by atoms with Crippen LogP contribution in [0.1, 0.15) is 38.5 Å². The van der Waals surface area contributed by atoms with Crippen LogP contribution in [-0.4, -0.2) is 111 Å². The van der Waals surface area contributed by atoms with Gasteiger partial charge in [0, 0.05) is 82.8 Å². The molecule has 85 heavy (non-hydrogen) atoms. The number of nitrogens with one attached hydrogen (secondary N) is 4. The molecule has 6 aromatic carbocycles. The maximum atomic E-state index is 13.2. The fourth-order valence-electron chi connectivity index (χ4n) is 8.46. The first-order chi connectivity index (χ1) is 40.4. The molecule has 0 aliphatic heterocycles. The molecule has 2 fully saturated rings. The Hall–Kier alpha value is -8.54. The third-order valence-corrected chi connectivity index (χ3v) is 14.0. The molecule has 2 aromatic heterocycles. The van der Waals surface area contributed by atoms with Gasteiger partial charge in [-0.25, -0.2) is 8.78 Å². The molecule has 2 heterocycles. The van der Waals surface area contributed by atoms with Crippen LogP contribution in [0.5, 0.6) is 46.0 Å². The van der Waals surface area contributed by atoms with Gasteiger partial charge in [-0.05, 0) is 135 Å². The van der Waals surface area contributed by atoms with Crippen molar-refractivity contribution in [2.24, 2.45) is 10.8 Å². The number of hydrogen-bond donors (Lipinski definition) is 4. The number of aromatic nitrogens is 2. The van der Waals surface area contributed by atoms with E-state index in [1.165, 1.54) is 87.3 Å². The van der Waals surface area contributed by atoms with Crippen molar-refractivity contribution >= 4 is 141 Å². The molecule has 0 unspecified atom stereocenters. The van der Waals surface area contributed by atoms with Crippen LogP contribution in [-0.2, 0) is 28.8 Å². The molecule has 0 saturated heterocycles. The van der Waals surface area contributed by atoms with Gasteiger partial charge >= 0.3 is 37.7 Å². The quantitative estimate of drug-likeness (QED) is 0.0364. The summed E-state index contributed by atoms with van der Waals surface area (Å²) in [5.41, 5.74) is 0.0962. The minimum absolute atomic E-state index is 0. The summed E-state index contributed by atoms with van der Waals surface area (Å²) in [7, 11) is 2.90. The normalized spacial score (nSPS) is 13.1. The number of fused-ring (bicyclic) bond motifs is 2. The van der Waals surface area contributed by atoms with Crippen molar-refractivity contribution in [1.82, 2.24) is 9.97 Å². The summed E-state index contributed by atoms with van der Waals surface area (Å²) in [6.45, 7) is -0.197. The second-order valence-electron chi connectivity index (χ2n) is 19.1. The fourth-order valence-corrected chi connectivity index (χ4v) is 8.90. The first kappa shape index (κ1) is 62.5. The number of halogens is 4. The molecule has 2 aliphatic carbocycles. The molecule has 4 N–H and O–H groups in total. The topological polar surface area (TPSA) is 278 Å². The Morgan fingerprint density at radius 2 is 0.812 bits per heavy atom. The third kappa shape index (κ3) is 15.2. The minimum atomic E-state index is -1.23. The van der Waals surface area contributed by atoms with E-state index >= 15 is 0 Å². The second-order valence-corrected chi connectivity index (χ2v) is 19.9. The minimum Gasteiger partial charge on any atom is -0.550 e. The van der Waals surface area contributed by atoms with Crippen LogP contribution in [0.3, 0.4) is 0 Å². The van der Waals surface area contributed by atoms with Crippen molar-refractivity contribution in [3.63, 3.8) is 0 Å². The predicted molar refractivity (Wildman–Crippen MR) is 306 cm³/mol. The maximum Gasteiger partial charge on any atom is 2.00 e. The molecule has 10 rings (SSSR count). The number of aliphatic carboxylic acids is 2. The Bertz CT molecular complexity index is 3610. The average molecular weight is 1230 g/mol. The monoisotopic (exact) mass is 1220 g/mol. The van der Waals surface area contributed by atoms with E-state index in [2.05, 4.69) is 31.2 Å². The van der Waals surface area contributed by atoms with Gasteiger partial charge in [0.2, 0.25) is 23.6 Å². The predicted octanol–water partition coefficient (Wildman–Crippen LogP) is 9.03. The Balaban J connectivity index is 0.000000219. The molecule has 0 spiro atoms. The number of carboxylic acid groups (broad SMARTS) is 2. The van der Waals surface area contributed by atoms with Crippen LogP contribution in [0.25, 0.3) is 21.8 Å². The van der Waals surface area contributed by atoms with E-state index in [4.69, 9.17) is 51.6 Å². The first-order valence-electron chi connectivity index (χ1n) is 25.7.